The van der Waals surface area contributed by atoms with E-state index in [0.29, 0.717) is 11.9 Å². The average molecular weight is 303 g/mol. The lowest BCUT2D eigenvalue weighted by molar-refractivity contribution is 0.0519. The van der Waals surface area contributed by atoms with Crippen LogP contribution in [0.25, 0.3) is 0 Å². The SMILES string of the molecule is CC(C)(C)CCOC(CBr)c1cccc(F)c1. The molecule has 0 heterocycles. The van der Waals surface area contributed by atoms with Gasteiger partial charge in [-0.2, -0.15) is 0 Å². The first-order chi connectivity index (χ1) is 7.92. The first kappa shape index (κ1) is 14.7. The Hall–Kier alpha value is -0.410. The van der Waals surface area contributed by atoms with E-state index in [9.17, 15) is 4.39 Å². The summed E-state index contributed by atoms with van der Waals surface area (Å²) in [5, 5.41) is 0.681. The second kappa shape index (κ2) is 6.50. The molecule has 1 aromatic rings. The van der Waals surface area contributed by atoms with E-state index in [1.54, 1.807) is 6.07 Å². The van der Waals surface area contributed by atoms with E-state index in [-0.39, 0.29) is 17.3 Å². The van der Waals surface area contributed by atoms with Gasteiger partial charge in [-0.15, -0.1) is 0 Å². The molecule has 0 aliphatic carbocycles. The average Bonchev–Trinajstić information content (AvgIpc) is 2.23. The van der Waals surface area contributed by atoms with Crippen molar-refractivity contribution in [3.05, 3.63) is 35.6 Å². The van der Waals surface area contributed by atoms with Crippen LogP contribution in [-0.2, 0) is 4.74 Å². The maximum Gasteiger partial charge on any atom is 0.123 e. The van der Waals surface area contributed by atoms with E-state index in [1.807, 2.05) is 6.07 Å². The van der Waals surface area contributed by atoms with Gasteiger partial charge in [-0.3, -0.25) is 0 Å². The van der Waals surface area contributed by atoms with Crippen LogP contribution in [0.3, 0.4) is 0 Å². The fraction of sp³-hybridized carbons (Fsp3) is 0.571. The maximum absolute atomic E-state index is 13.1. The molecule has 0 amide bonds. The summed E-state index contributed by atoms with van der Waals surface area (Å²) in [6, 6.07) is 6.59. The third-order valence-corrected chi connectivity index (χ3v) is 3.12. The number of hydrogen-bond acceptors (Lipinski definition) is 1. The minimum atomic E-state index is -0.215. The summed E-state index contributed by atoms with van der Waals surface area (Å²) < 4.78 is 18.9. The fourth-order valence-corrected chi connectivity index (χ4v) is 2.00. The van der Waals surface area contributed by atoms with Gasteiger partial charge in [0, 0.05) is 11.9 Å². The molecule has 1 unspecified atom stereocenters. The summed E-state index contributed by atoms with van der Waals surface area (Å²) in [6.45, 7) is 7.24. The highest BCUT2D eigenvalue weighted by atomic mass is 79.9. The molecule has 0 radical (unpaired) electrons. The Balaban J connectivity index is 2.54. The Bertz CT molecular complexity index is 346. The van der Waals surface area contributed by atoms with Gasteiger partial charge in [-0.1, -0.05) is 48.8 Å². The van der Waals surface area contributed by atoms with Gasteiger partial charge in [0.25, 0.3) is 0 Å². The molecule has 0 spiro atoms. The summed E-state index contributed by atoms with van der Waals surface area (Å²) in [7, 11) is 0. The van der Waals surface area contributed by atoms with Gasteiger partial charge in [-0.25, -0.2) is 4.39 Å². The standard InChI is InChI=1S/C14H20BrFO/c1-14(2,3)7-8-17-13(10-15)11-5-4-6-12(16)9-11/h4-6,9,13H,7-8,10H2,1-3H3. The van der Waals surface area contributed by atoms with Crippen molar-refractivity contribution in [2.75, 3.05) is 11.9 Å². The van der Waals surface area contributed by atoms with Gasteiger partial charge in [0.15, 0.2) is 0 Å². The third-order valence-electron chi connectivity index (χ3n) is 2.53. The Labute approximate surface area is 111 Å². The van der Waals surface area contributed by atoms with Crippen molar-refractivity contribution >= 4 is 15.9 Å². The van der Waals surface area contributed by atoms with Crippen LogP contribution in [-0.4, -0.2) is 11.9 Å². The molecular formula is C14H20BrFO. The molecule has 0 N–H and O–H groups in total. The summed E-state index contributed by atoms with van der Waals surface area (Å²) in [5.41, 5.74) is 1.15. The number of ether oxygens (including phenoxy) is 1. The van der Waals surface area contributed by atoms with Crippen LogP contribution in [0.4, 0.5) is 4.39 Å². The molecule has 0 fully saturated rings. The molecule has 1 rings (SSSR count). The van der Waals surface area contributed by atoms with Gasteiger partial charge in [0.05, 0.1) is 6.10 Å². The maximum atomic E-state index is 13.1. The van der Waals surface area contributed by atoms with Crippen molar-refractivity contribution < 1.29 is 9.13 Å². The van der Waals surface area contributed by atoms with Gasteiger partial charge < -0.3 is 4.74 Å². The topological polar surface area (TPSA) is 9.23 Å². The summed E-state index contributed by atoms with van der Waals surface area (Å²) in [6.07, 6.45) is 0.916. The van der Waals surface area contributed by atoms with E-state index >= 15 is 0 Å². The number of benzene rings is 1. The summed E-state index contributed by atoms with van der Waals surface area (Å²) >= 11 is 3.41. The van der Waals surface area contributed by atoms with Gasteiger partial charge in [0.1, 0.15) is 5.82 Å². The molecule has 0 aliphatic heterocycles. The minimum Gasteiger partial charge on any atom is -0.373 e. The first-order valence-electron chi connectivity index (χ1n) is 5.85. The third kappa shape index (κ3) is 5.64. The van der Waals surface area contributed by atoms with Crippen LogP contribution in [0.15, 0.2) is 24.3 Å². The normalized spacial score (nSPS) is 13.7. The largest absolute Gasteiger partial charge is 0.373 e. The molecule has 1 atom stereocenters. The quantitative estimate of drug-likeness (QED) is 0.716. The Morgan fingerprint density at radius 1 is 1.35 bits per heavy atom. The number of hydrogen-bond donors (Lipinski definition) is 0. The molecule has 0 saturated heterocycles. The van der Waals surface area contributed by atoms with E-state index in [4.69, 9.17) is 4.74 Å². The predicted molar refractivity (Wildman–Crippen MR) is 73.0 cm³/mol. The van der Waals surface area contributed by atoms with Crippen LogP contribution in [0.5, 0.6) is 0 Å². The zero-order valence-corrected chi connectivity index (χ0v) is 12.3. The predicted octanol–water partition coefficient (Wildman–Crippen LogP) is 4.71. The molecule has 1 aromatic carbocycles. The van der Waals surface area contributed by atoms with Crippen LogP contribution < -0.4 is 0 Å². The van der Waals surface area contributed by atoms with Crippen molar-refractivity contribution in [2.24, 2.45) is 5.41 Å². The van der Waals surface area contributed by atoms with Crippen LogP contribution in [0.2, 0.25) is 0 Å². The second-order valence-electron chi connectivity index (χ2n) is 5.38. The Kier molecular flexibility index (Phi) is 5.60. The van der Waals surface area contributed by atoms with Crippen LogP contribution in [0, 0.1) is 11.2 Å². The van der Waals surface area contributed by atoms with E-state index in [0.717, 1.165) is 12.0 Å². The van der Waals surface area contributed by atoms with Crippen LogP contribution in [0.1, 0.15) is 38.9 Å². The highest BCUT2D eigenvalue weighted by Crippen LogP contribution is 2.24. The Morgan fingerprint density at radius 2 is 2.06 bits per heavy atom. The van der Waals surface area contributed by atoms with Crippen molar-refractivity contribution in [3.8, 4) is 0 Å². The van der Waals surface area contributed by atoms with Crippen LogP contribution >= 0.6 is 15.9 Å². The van der Waals surface area contributed by atoms with Gasteiger partial charge in [-0.05, 0) is 29.5 Å². The van der Waals surface area contributed by atoms with Gasteiger partial charge in [0.2, 0.25) is 0 Å². The highest BCUT2D eigenvalue weighted by Gasteiger charge is 2.14. The number of halogens is 2. The van der Waals surface area contributed by atoms with E-state index in [1.165, 1.54) is 12.1 Å². The minimum absolute atomic E-state index is 0.0759. The lowest BCUT2D eigenvalue weighted by Gasteiger charge is -2.21. The molecule has 3 heteroatoms. The highest BCUT2D eigenvalue weighted by molar-refractivity contribution is 9.09. The monoisotopic (exact) mass is 302 g/mol. The zero-order valence-electron chi connectivity index (χ0n) is 10.7. The van der Waals surface area contributed by atoms with Crippen molar-refractivity contribution in [3.63, 3.8) is 0 Å². The van der Waals surface area contributed by atoms with E-state index < -0.39 is 0 Å². The Morgan fingerprint density at radius 3 is 2.59 bits per heavy atom. The van der Waals surface area contributed by atoms with Gasteiger partial charge >= 0.3 is 0 Å². The smallest absolute Gasteiger partial charge is 0.123 e. The van der Waals surface area contributed by atoms with Crippen molar-refractivity contribution in [2.45, 2.75) is 33.3 Å². The van der Waals surface area contributed by atoms with Crippen molar-refractivity contribution in [1.29, 1.82) is 0 Å². The van der Waals surface area contributed by atoms with E-state index in [2.05, 4.69) is 36.7 Å². The van der Waals surface area contributed by atoms with Crippen molar-refractivity contribution in [1.82, 2.24) is 0 Å². The molecule has 1 nitrogen and oxygen atoms in total. The lowest BCUT2D eigenvalue weighted by atomic mass is 9.93. The molecule has 0 saturated carbocycles. The first-order valence-corrected chi connectivity index (χ1v) is 6.97. The number of rotatable bonds is 5. The summed E-state index contributed by atoms with van der Waals surface area (Å²) in [5.74, 6) is -0.215. The number of alkyl halides is 1. The lowest BCUT2D eigenvalue weighted by Crippen LogP contribution is -2.13. The fourth-order valence-electron chi connectivity index (χ4n) is 1.44. The second-order valence-corrected chi connectivity index (χ2v) is 6.03. The molecule has 0 aromatic heterocycles. The molecule has 96 valence electrons. The molecule has 0 aliphatic rings. The molecule has 0 bridgehead atoms. The molecular weight excluding hydrogens is 283 g/mol. The zero-order chi connectivity index (χ0) is 12.9. The molecule has 17 heavy (non-hydrogen) atoms. The summed E-state index contributed by atoms with van der Waals surface area (Å²) in [4.78, 5) is 0.